The van der Waals surface area contributed by atoms with Crippen molar-refractivity contribution in [3.05, 3.63) is 54.1 Å². The molecule has 0 aliphatic heterocycles. The van der Waals surface area contributed by atoms with Gasteiger partial charge in [0.15, 0.2) is 0 Å². The smallest absolute Gasteiger partial charge is 0.378 e. The van der Waals surface area contributed by atoms with Gasteiger partial charge in [-0.15, -0.1) is 0 Å². The standard InChI is InChI=1S/C40H68N7O15P/c1-3-63(51,52-2)62-36-10-8-35(9-11-36)34-6-4-33(5-7-34)30-37(40(50)46-14-17-55-20-23-58-26-29-61-43)47(31-38(48)44-12-15-53-18-21-56-24-27-59-41)32-39(49)45-13-16-54-19-22-57-25-28-60-42/h4-11,37H,3,12-32,41-43H2,1-2H3,(H,44,48)(H,45,49)(H,46,50). The average molecular weight is 918 g/mol. The highest BCUT2D eigenvalue weighted by atomic mass is 31.2. The maximum atomic E-state index is 14.0. The fourth-order valence-electron chi connectivity index (χ4n) is 5.48. The fraction of sp³-hybridized carbons (Fsp3) is 0.625. The molecule has 9 N–H and O–H groups in total. The molecule has 2 unspecified atom stereocenters. The fourth-order valence-corrected chi connectivity index (χ4v) is 6.38. The molecule has 3 amide bonds. The first-order chi connectivity index (χ1) is 30.7. The van der Waals surface area contributed by atoms with Crippen LogP contribution in [-0.4, -0.2) is 174 Å². The summed E-state index contributed by atoms with van der Waals surface area (Å²) in [6, 6.07) is 13.7. The van der Waals surface area contributed by atoms with E-state index in [9.17, 15) is 18.9 Å². The van der Waals surface area contributed by atoms with Crippen LogP contribution in [0.2, 0.25) is 0 Å². The van der Waals surface area contributed by atoms with Gasteiger partial charge in [0, 0.05) is 26.7 Å². The van der Waals surface area contributed by atoms with Crippen LogP contribution < -0.4 is 38.2 Å². The van der Waals surface area contributed by atoms with E-state index < -0.39 is 31.4 Å². The minimum Gasteiger partial charge on any atom is -0.424 e. The number of hydrogen-bond acceptors (Lipinski definition) is 19. The lowest BCUT2D eigenvalue weighted by molar-refractivity contribution is -0.131. The summed E-state index contributed by atoms with van der Waals surface area (Å²) in [6.07, 6.45) is 0.378. The van der Waals surface area contributed by atoms with E-state index in [1.807, 2.05) is 36.4 Å². The van der Waals surface area contributed by atoms with Gasteiger partial charge in [0.2, 0.25) is 17.7 Å². The molecule has 0 spiro atoms. The van der Waals surface area contributed by atoms with Crippen LogP contribution in [-0.2, 0) is 72.8 Å². The predicted octanol–water partition coefficient (Wildman–Crippen LogP) is -0.0760. The zero-order valence-electron chi connectivity index (χ0n) is 36.5. The lowest BCUT2D eigenvalue weighted by Crippen LogP contribution is -2.54. The van der Waals surface area contributed by atoms with Crippen LogP contribution in [0.3, 0.4) is 0 Å². The van der Waals surface area contributed by atoms with Gasteiger partial charge < -0.3 is 67.9 Å². The van der Waals surface area contributed by atoms with Crippen LogP contribution in [0.4, 0.5) is 0 Å². The first kappa shape index (κ1) is 55.5. The third-order valence-corrected chi connectivity index (χ3v) is 10.6. The second kappa shape index (κ2) is 35.6. The van der Waals surface area contributed by atoms with E-state index in [-0.39, 0.29) is 91.6 Å². The number of benzene rings is 2. The quantitative estimate of drug-likeness (QED) is 0.0290. The Morgan fingerprint density at radius 2 is 0.952 bits per heavy atom. The molecule has 0 aromatic heterocycles. The second-order valence-corrected chi connectivity index (χ2v) is 15.7. The van der Waals surface area contributed by atoms with E-state index in [2.05, 4.69) is 30.5 Å². The van der Waals surface area contributed by atoms with Crippen LogP contribution in [0.1, 0.15) is 12.5 Å². The topological polar surface area (TPSA) is 287 Å². The van der Waals surface area contributed by atoms with E-state index in [1.54, 1.807) is 19.1 Å². The van der Waals surface area contributed by atoms with Crippen molar-refractivity contribution >= 4 is 25.3 Å². The van der Waals surface area contributed by atoms with Crippen molar-refractivity contribution in [2.75, 3.05) is 145 Å². The summed E-state index contributed by atoms with van der Waals surface area (Å²) in [5, 5.41) is 8.50. The molecule has 0 aliphatic carbocycles. The van der Waals surface area contributed by atoms with E-state index in [1.165, 1.54) is 12.0 Å². The molecule has 0 bridgehead atoms. The summed E-state index contributed by atoms with van der Waals surface area (Å²) >= 11 is 0. The minimum absolute atomic E-state index is 0.150. The van der Waals surface area contributed by atoms with E-state index in [0.717, 1.165) is 16.7 Å². The molecule has 0 radical (unpaired) electrons. The zero-order valence-corrected chi connectivity index (χ0v) is 37.4. The maximum Gasteiger partial charge on any atom is 0.378 e. The van der Waals surface area contributed by atoms with Crippen LogP contribution in [0.5, 0.6) is 5.75 Å². The number of nitrogens with two attached hydrogens (primary N) is 3. The number of rotatable bonds is 40. The number of hydrogen-bond donors (Lipinski definition) is 6. The van der Waals surface area contributed by atoms with Gasteiger partial charge in [0.1, 0.15) is 5.75 Å². The predicted molar refractivity (Wildman–Crippen MR) is 231 cm³/mol. The van der Waals surface area contributed by atoms with Crippen molar-refractivity contribution in [3.8, 4) is 16.9 Å². The summed E-state index contributed by atoms with van der Waals surface area (Å²) in [7, 11) is -1.88. The van der Waals surface area contributed by atoms with Gasteiger partial charge in [-0.25, -0.2) is 22.3 Å². The van der Waals surface area contributed by atoms with Crippen molar-refractivity contribution in [2.45, 2.75) is 19.4 Å². The van der Waals surface area contributed by atoms with Gasteiger partial charge in [-0.2, -0.15) is 0 Å². The highest BCUT2D eigenvalue weighted by molar-refractivity contribution is 7.54. The normalized spacial score (nSPS) is 12.8. The molecule has 0 saturated carbocycles. The summed E-state index contributed by atoms with van der Waals surface area (Å²) in [5.41, 5.74) is 2.52. The molecule has 22 nitrogen and oxygen atoms in total. The Kier molecular flexibility index (Phi) is 31.4. The minimum atomic E-state index is -3.23. The lowest BCUT2D eigenvalue weighted by atomic mass is 9.99. The summed E-state index contributed by atoms with van der Waals surface area (Å²) in [6.45, 7) is 5.85. The van der Waals surface area contributed by atoms with Crippen molar-refractivity contribution in [2.24, 2.45) is 17.7 Å². The maximum absolute atomic E-state index is 14.0. The van der Waals surface area contributed by atoms with Crippen LogP contribution >= 0.6 is 7.60 Å². The molecule has 358 valence electrons. The van der Waals surface area contributed by atoms with Gasteiger partial charge in [-0.05, 0) is 35.2 Å². The van der Waals surface area contributed by atoms with Crippen LogP contribution in [0.15, 0.2) is 48.5 Å². The third kappa shape index (κ3) is 26.0. The van der Waals surface area contributed by atoms with Crippen LogP contribution in [0.25, 0.3) is 11.1 Å². The number of nitrogens with one attached hydrogen (secondary N) is 3. The Morgan fingerprint density at radius 1 is 0.571 bits per heavy atom. The molecular weight excluding hydrogens is 849 g/mol. The first-order valence-corrected chi connectivity index (χ1v) is 22.4. The van der Waals surface area contributed by atoms with Gasteiger partial charge in [0.25, 0.3) is 0 Å². The van der Waals surface area contributed by atoms with Gasteiger partial charge in [-0.1, -0.05) is 43.3 Å². The lowest BCUT2D eigenvalue weighted by Gasteiger charge is -2.30. The number of amides is 3. The van der Waals surface area contributed by atoms with Gasteiger partial charge in [0.05, 0.1) is 124 Å². The molecule has 0 fully saturated rings. The van der Waals surface area contributed by atoms with E-state index >= 15 is 0 Å². The first-order valence-electron chi connectivity index (χ1n) is 20.7. The molecule has 2 atom stereocenters. The van der Waals surface area contributed by atoms with E-state index in [4.69, 9.17) is 55.2 Å². The summed E-state index contributed by atoms with van der Waals surface area (Å²) in [5.74, 6) is 14.1. The molecule has 2 aromatic carbocycles. The van der Waals surface area contributed by atoms with Gasteiger partial charge >= 0.3 is 7.60 Å². The Bertz CT molecular complexity index is 1510. The Balaban J connectivity index is 2.21. The van der Waals surface area contributed by atoms with E-state index in [0.29, 0.717) is 58.6 Å². The molecule has 2 aromatic rings. The molecule has 0 aliphatic rings. The van der Waals surface area contributed by atoms with Crippen molar-refractivity contribution < 1.29 is 70.9 Å². The Labute approximate surface area is 369 Å². The SMILES string of the molecule is CCP(=O)(OC)Oc1ccc(-c2ccc(CC(C(=O)NCCOCCOCCON)N(CC(=O)NCCOCCOCCON)CC(=O)NCCOCCOCCON)cc2)cc1. The highest BCUT2D eigenvalue weighted by Crippen LogP contribution is 2.47. The number of nitrogens with zero attached hydrogens (tertiary/aromatic N) is 1. The Hall–Kier alpha value is -3.68. The summed E-state index contributed by atoms with van der Waals surface area (Å²) in [4.78, 5) is 55.7. The highest BCUT2D eigenvalue weighted by Gasteiger charge is 2.30. The van der Waals surface area contributed by atoms with Crippen molar-refractivity contribution in [1.82, 2.24) is 20.9 Å². The molecule has 0 saturated heterocycles. The monoisotopic (exact) mass is 917 g/mol. The number of carbonyl (C=O) groups excluding carboxylic acids is 3. The number of carbonyl (C=O) groups is 3. The molecule has 2 rings (SSSR count). The molecular formula is C40H68N7O15P. The molecule has 23 heteroatoms. The number of ether oxygens (including phenoxy) is 6. The Morgan fingerprint density at radius 3 is 1.35 bits per heavy atom. The molecule has 0 heterocycles. The second-order valence-electron chi connectivity index (χ2n) is 13.3. The third-order valence-electron chi connectivity index (χ3n) is 8.75. The molecule has 63 heavy (non-hydrogen) atoms. The average Bonchev–Trinajstić information content (AvgIpc) is 3.29. The van der Waals surface area contributed by atoms with Gasteiger partial charge in [-0.3, -0.25) is 19.3 Å². The van der Waals surface area contributed by atoms with Crippen molar-refractivity contribution in [1.29, 1.82) is 0 Å². The van der Waals surface area contributed by atoms with Crippen LogP contribution in [0, 0.1) is 0 Å². The zero-order chi connectivity index (χ0) is 45.8. The largest absolute Gasteiger partial charge is 0.424 e. The summed E-state index contributed by atoms with van der Waals surface area (Å²) < 4.78 is 55.9. The van der Waals surface area contributed by atoms with Crippen molar-refractivity contribution in [3.63, 3.8) is 0 Å².